The number of hydrogen-bond acceptors (Lipinski definition) is 8. The van der Waals surface area contributed by atoms with Crippen molar-refractivity contribution in [2.24, 2.45) is 5.73 Å². The van der Waals surface area contributed by atoms with Gasteiger partial charge in [0.1, 0.15) is 23.4 Å². The number of ether oxygens (including phenoxy) is 1. The van der Waals surface area contributed by atoms with E-state index in [9.17, 15) is 9.90 Å². The van der Waals surface area contributed by atoms with Crippen LogP contribution in [0.1, 0.15) is 35.0 Å². The van der Waals surface area contributed by atoms with E-state index < -0.39 is 17.5 Å². The van der Waals surface area contributed by atoms with Crippen molar-refractivity contribution in [3.8, 4) is 11.6 Å². The maximum atomic E-state index is 15.8. The number of aromatic nitrogens is 5. The number of anilines is 1. The van der Waals surface area contributed by atoms with E-state index in [-0.39, 0.29) is 36.1 Å². The quantitative estimate of drug-likeness (QED) is 0.165. The zero-order chi connectivity index (χ0) is 25.7. The van der Waals surface area contributed by atoms with E-state index in [0.29, 0.717) is 29.0 Å². The monoisotopic (exact) mass is 492 g/mol. The third-order valence-electron chi connectivity index (χ3n) is 5.48. The summed E-state index contributed by atoms with van der Waals surface area (Å²) in [6.07, 6.45) is 4.94. The average molecular weight is 493 g/mol. The van der Waals surface area contributed by atoms with Gasteiger partial charge in [0.25, 0.3) is 0 Å². The van der Waals surface area contributed by atoms with Crippen molar-refractivity contribution in [1.29, 1.82) is 5.41 Å². The van der Waals surface area contributed by atoms with Crippen molar-refractivity contribution in [3.63, 3.8) is 0 Å². The van der Waals surface area contributed by atoms with Crippen LogP contribution in [0.15, 0.2) is 59.8 Å². The van der Waals surface area contributed by atoms with E-state index >= 15 is 4.39 Å². The largest absolute Gasteiger partial charge is 0.497 e. The Kier molecular flexibility index (Phi) is 7.35. The Morgan fingerprint density at radius 2 is 2.08 bits per heavy atom. The highest BCUT2D eigenvalue weighted by atomic mass is 19.1. The maximum absolute atomic E-state index is 15.8. The Balaban J connectivity index is 1.84. The molecule has 2 aromatic carbocycles. The fourth-order valence-electron chi connectivity index (χ4n) is 3.69. The summed E-state index contributed by atoms with van der Waals surface area (Å²) in [5.41, 5.74) is 6.60. The van der Waals surface area contributed by atoms with Gasteiger partial charge in [0.2, 0.25) is 0 Å². The van der Waals surface area contributed by atoms with Crippen molar-refractivity contribution in [3.05, 3.63) is 93.8 Å². The Labute approximate surface area is 205 Å². The van der Waals surface area contributed by atoms with Crippen LogP contribution in [0.4, 0.5) is 10.1 Å². The predicted molar refractivity (Wildman–Crippen MR) is 131 cm³/mol. The van der Waals surface area contributed by atoms with Crippen LogP contribution in [0.5, 0.6) is 5.75 Å². The van der Waals surface area contributed by atoms with Crippen molar-refractivity contribution >= 4 is 11.5 Å². The topological polar surface area (TPSA) is 168 Å². The summed E-state index contributed by atoms with van der Waals surface area (Å²) in [4.78, 5) is 23.5. The van der Waals surface area contributed by atoms with Gasteiger partial charge in [0.15, 0.2) is 11.6 Å². The minimum absolute atomic E-state index is 0.0856. The zero-order valence-corrected chi connectivity index (χ0v) is 19.4. The van der Waals surface area contributed by atoms with Crippen molar-refractivity contribution in [1.82, 2.24) is 24.7 Å². The number of halogens is 1. The second-order valence-electron chi connectivity index (χ2n) is 7.88. The number of methoxy groups -OCH3 is 1. The highest BCUT2D eigenvalue weighted by Crippen LogP contribution is 2.32. The number of nitrogens with two attached hydrogens (primary N) is 1. The van der Waals surface area contributed by atoms with Crippen LogP contribution in [-0.4, -0.2) is 49.4 Å². The van der Waals surface area contributed by atoms with Crippen LogP contribution < -0.4 is 21.5 Å². The molecule has 0 saturated carbocycles. The zero-order valence-electron chi connectivity index (χ0n) is 19.4. The highest BCUT2D eigenvalue weighted by molar-refractivity contribution is 5.95. The van der Waals surface area contributed by atoms with E-state index in [1.807, 2.05) is 0 Å². The first-order chi connectivity index (χ1) is 17.4. The summed E-state index contributed by atoms with van der Waals surface area (Å²) in [7, 11) is 1.47. The molecule has 0 aliphatic rings. The molecular formula is C24H25FN8O3. The van der Waals surface area contributed by atoms with E-state index in [2.05, 4.69) is 25.4 Å². The van der Waals surface area contributed by atoms with Gasteiger partial charge in [-0.3, -0.25) is 15.4 Å². The van der Waals surface area contributed by atoms with E-state index in [1.165, 1.54) is 31.8 Å². The number of aliphatic hydroxyl groups is 1. The molecule has 0 bridgehead atoms. The number of amidine groups is 1. The lowest BCUT2D eigenvalue weighted by Crippen LogP contribution is -2.18. The molecule has 4 rings (SSSR count). The molecule has 2 heterocycles. The third kappa shape index (κ3) is 5.23. The van der Waals surface area contributed by atoms with Gasteiger partial charge in [-0.05, 0) is 54.8 Å². The minimum atomic E-state index is -0.943. The van der Waals surface area contributed by atoms with Gasteiger partial charge in [-0.2, -0.15) is 4.68 Å². The lowest BCUT2D eigenvalue weighted by molar-refractivity contribution is 0.288. The number of nitrogens with one attached hydrogen (secondary N) is 3. The molecular weight excluding hydrogens is 467 g/mol. The van der Waals surface area contributed by atoms with Crippen molar-refractivity contribution in [2.75, 3.05) is 19.0 Å². The van der Waals surface area contributed by atoms with Gasteiger partial charge < -0.3 is 20.9 Å². The SMILES string of the molecule is COc1cc(CCCO)c(F)c(C(Nc2ccc(C(=N)N)cc2)c2nn(-c3cnccn3)c(=O)[nH]2)c1. The fraction of sp³-hybridized carbons (Fsp3) is 0.208. The first-order valence-electron chi connectivity index (χ1n) is 11.0. The number of aliphatic hydroxyl groups excluding tert-OH is 1. The lowest BCUT2D eigenvalue weighted by Gasteiger charge is -2.21. The molecule has 0 aliphatic carbocycles. The van der Waals surface area contributed by atoms with Crippen LogP contribution in [0, 0.1) is 11.2 Å². The van der Waals surface area contributed by atoms with Crippen LogP contribution >= 0.6 is 0 Å². The Morgan fingerprint density at radius 1 is 1.31 bits per heavy atom. The number of aryl methyl sites for hydroxylation is 1. The van der Waals surface area contributed by atoms with Crippen LogP contribution in [0.3, 0.4) is 0 Å². The molecule has 186 valence electrons. The van der Waals surface area contributed by atoms with Gasteiger partial charge in [-0.15, -0.1) is 5.10 Å². The minimum Gasteiger partial charge on any atom is -0.497 e. The molecule has 12 heteroatoms. The second-order valence-corrected chi connectivity index (χ2v) is 7.88. The second kappa shape index (κ2) is 10.8. The van der Waals surface area contributed by atoms with Gasteiger partial charge in [-0.1, -0.05) is 0 Å². The van der Waals surface area contributed by atoms with Crippen molar-refractivity contribution in [2.45, 2.75) is 18.9 Å². The molecule has 0 radical (unpaired) electrons. The molecule has 0 fully saturated rings. The smallest absolute Gasteiger partial charge is 0.349 e. The number of benzene rings is 2. The summed E-state index contributed by atoms with van der Waals surface area (Å²) in [5.74, 6) is 0.133. The molecule has 11 nitrogen and oxygen atoms in total. The molecule has 4 aromatic rings. The number of H-pyrrole nitrogens is 1. The molecule has 0 amide bonds. The number of hydrogen-bond donors (Lipinski definition) is 5. The summed E-state index contributed by atoms with van der Waals surface area (Å²) < 4.78 is 22.2. The number of rotatable bonds is 10. The van der Waals surface area contributed by atoms with Gasteiger partial charge >= 0.3 is 5.69 Å². The average Bonchev–Trinajstić information content (AvgIpc) is 3.28. The lowest BCUT2D eigenvalue weighted by atomic mass is 9.98. The standard InChI is InChI=1S/C24H25FN8O3/c1-36-17-11-15(3-2-10-34)20(25)18(12-17)21(30-16-6-4-14(5-7-16)22(26)27)23-31-24(35)33(32-23)19-13-28-8-9-29-19/h4-9,11-13,21,30,34H,2-3,10H2,1H3,(H3,26,27)(H,31,32,35). The Morgan fingerprint density at radius 3 is 2.72 bits per heavy atom. The first-order valence-corrected chi connectivity index (χ1v) is 11.0. The molecule has 0 spiro atoms. The molecule has 1 unspecified atom stereocenters. The van der Waals surface area contributed by atoms with E-state index in [4.69, 9.17) is 15.9 Å². The summed E-state index contributed by atoms with van der Waals surface area (Å²) in [6.45, 7) is -0.0913. The van der Waals surface area contributed by atoms with Crippen LogP contribution in [0.2, 0.25) is 0 Å². The van der Waals surface area contributed by atoms with E-state index in [1.54, 1.807) is 30.3 Å². The van der Waals surface area contributed by atoms with Gasteiger partial charge in [-0.25, -0.2) is 14.2 Å². The van der Waals surface area contributed by atoms with Crippen LogP contribution in [0.25, 0.3) is 5.82 Å². The number of nitrogens with zero attached hydrogens (tertiary/aromatic N) is 4. The van der Waals surface area contributed by atoms with Gasteiger partial charge in [0.05, 0.1) is 13.3 Å². The third-order valence-corrected chi connectivity index (χ3v) is 5.48. The molecule has 0 saturated heterocycles. The number of nitrogen functional groups attached to an aromatic ring is 1. The fourth-order valence-corrected chi connectivity index (χ4v) is 3.69. The Bertz CT molecular complexity index is 1400. The summed E-state index contributed by atoms with van der Waals surface area (Å²) in [5, 5.41) is 24.4. The number of aromatic amines is 1. The highest BCUT2D eigenvalue weighted by Gasteiger charge is 2.26. The molecule has 6 N–H and O–H groups in total. The molecule has 36 heavy (non-hydrogen) atoms. The molecule has 1 atom stereocenters. The maximum Gasteiger partial charge on any atom is 0.349 e. The molecule has 2 aromatic heterocycles. The summed E-state index contributed by atoms with van der Waals surface area (Å²) in [6, 6.07) is 8.84. The Hall–Kier alpha value is -4.58. The normalized spacial score (nSPS) is 11.8. The molecule has 0 aliphatic heterocycles. The van der Waals surface area contributed by atoms with Crippen LogP contribution in [-0.2, 0) is 6.42 Å². The van der Waals surface area contributed by atoms with Crippen molar-refractivity contribution < 1.29 is 14.2 Å². The van der Waals surface area contributed by atoms with E-state index in [0.717, 1.165) is 4.68 Å². The summed E-state index contributed by atoms with van der Waals surface area (Å²) >= 11 is 0. The van der Waals surface area contributed by atoms with Gasteiger partial charge in [0, 0.05) is 35.8 Å². The predicted octanol–water partition coefficient (Wildman–Crippen LogP) is 1.91. The first kappa shape index (κ1) is 24.5.